The van der Waals surface area contributed by atoms with Gasteiger partial charge in [-0.3, -0.25) is 48.1 Å². The van der Waals surface area contributed by atoms with Gasteiger partial charge in [0.25, 0.3) is 0 Å². The van der Waals surface area contributed by atoms with Crippen molar-refractivity contribution in [3.8, 4) is 0 Å². The van der Waals surface area contributed by atoms with Crippen LogP contribution in [0.3, 0.4) is 0 Å². The van der Waals surface area contributed by atoms with E-state index in [-0.39, 0.29) is 57.5 Å². The molecule has 0 aliphatic carbocycles. The summed E-state index contributed by atoms with van der Waals surface area (Å²) in [6, 6.07) is -0.169. The van der Waals surface area contributed by atoms with Gasteiger partial charge in [0, 0.05) is 19.4 Å². The summed E-state index contributed by atoms with van der Waals surface area (Å²) in [5.41, 5.74) is 22.8. The lowest BCUT2D eigenvalue weighted by Gasteiger charge is -2.27. The number of carbonyl (C=O) groups excluding carboxylic acids is 8. The van der Waals surface area contributed by atoms with E-state index in [1.54, 1.807) is 42.8 Å². The van der Waals surface area contributed by atoms with Crippen molar-refractivity contribution in [2.75, 3.05) is 37.1 Å². The number of hydrogen-bond donors (Lipinski definition) is 13. The van der Waals surface area contributed by atoms with E-state index in [4.69, 9.17) is 28.0 Å². The Morgan fingerprint density at radius 2 is 1.22 bits per heavy atom. The number of aliphatic imine (C=N–C) groups is 1. The fraction of sp³-hybridized carbons (Fsp3) is 0.590. The van der Waals surface area contributed by atoms with Gasteiger partial charge in [-0.25, -0.2) is 0 Å². The van der Waals surface area contributed by atoms with Crippen molar-refractivity contribution in [3.63, 3.8) is 0 Å². The standard InChI is InChI=1S/C39H64N12O11S2/c1-21(33(57)48-25(11-8-16-44-39(42)43)35(59)45-20-29(53)47-28(32(41)56)19-23-9-6-5-7-10-23)46-38(62)31(22(2)52)51-37(61)27(15-18-64-4)50-36(60)26(14-17-63-3)49-34(58)24(40)12-13-30(54)55/h5-7,9-10,21-22,24-28,31,52H,8,11-20,40H2,1-4H3,(H2,41,56)(H,45,59)(H,46,62)(H,47,53)(H,48,57)(H,49,58)(H,50,60)(H,51,61)(H,54,55)(H4,42,43,44)/t21-,22+,24-,25-,26-,27-,28-,31-/m0/s1. The van der Waals surface area contributed by atoms with Gasteiger partial charge in [0.05, 0.1) is 18.7 Å². The molecule has 0 bridgehead atoms. The number of aliphatic carboxylic acids is 1. The second-order valence-electron chi connectivity index (χ2n) is 14.6. The molecule has 64 heavy (non-hydrogen) atoms. The van der Waals surface area contributed by atoms with Gasteiger partial charge >= 0.3 is 5.97 Å². The molecule has 23 nitrogen and oxygen atoms in total. The predicted molar refractivity (Wildman–Crippen MR) is 242 cm³/mol. The monoisotopic (exact) mass is 940 g/mol. The van der Waals surface area contributed by atoms with E-state index >= 15 is 0 Å². The first-order chi connectivity index (χ1) is 30.2. The number of nitrogens with two attached hydrogens (primary N) is 4. The third-order valence-corrected chi connectivity index (χ3v) is 10.6. The lowest BCUT2D eigenvalue weighted by molar-refractivity contribution is -0.137. The number of carboxylic acids is 1. The first-order valence-corrected chi connectivity index (χ1v) is 23.1. The van der Waals surface area contributed by atoms with Crippen LogP contribution in [-0.4, -0.2) is 155 Å². The summed E-state index contributed by atoms with van der Waals surface area (Å²) in [4.78, 5) is 120. The minimum atomic E-state index is -1.64. The summed E-state index contributed by atoms with van der Waals surface area (Å²) in [6.07, 6.45) is 1.97. The first-order valence-electron chi connectivity index (χ1n) is 20.3. The molecule has 1 aromatic carbocycles. The molecule has 0 unspecified atom stereocenters. The molecular formula is C39H64N12O11S2. The summed E-state index contributed by atoms with van der Waals surface area (Å²) in [7, 11) is 0. The topological polar surface area (TPSA) is 395 Å². The Morgan fingerprint density at radius 1 is 0.672 bits per heavy atom. The highest BCUT2D eigenvalue weighted by atomic mass is 32.2. The van der Waals surface area contributed by atoms with E-state index in [1.165, 1.54) is 37.4 Å². The summed E-state index contributed by atoms with van der Waals surface area (Å²) in [6.45, 7) is 1.99. The number of carbonyl (C=O) groups is 9. The Hall–Kier alpha value is -5.66. The number of aliphatic hydroxyl groups is 1. The fourth-order valence-electron chi connectivity index (χ4n) is 5.68. The molecule has 0 fully saturated rings. The second-order valence-corrected chi connectivity index (χ2v) is 16.6. The number of carboxylic acid groups (broad SMARTS) is 1. The summed E-state index contributed by atoms with van der Waals surface area (Å²) in [5.74, 6) is -7.11. The summed E-state index contributed by atoms with van der Waals surface area (Å²) < 4.78 is 0. The molecule has 0 aliphatic rings. The first kappa shape index (κ1) is 56.4. The van der Waals surface area contributed by atoms with Crippen LogP contribution in [0.2, 0.25) is 0 Å². The lowest BCUT2D eigenvalue weighted by atomic mass is 10.1. The van der Waals surface area contributed by atoms with Gasteiger partial charge < -0.3 is 70.4 Å². The van der Waals surface area contributed by atoms with Gasteiger partial charge in [-0.05, 0) is 75.5 Å². The Bertz CT molecular complexity index is 1760. The Labute approximate surface area is 380 Å². The SMILES string of the molecule is CSCC[C@H](NC(=O)[C@H](CCSC)NC(=O)[C@@H](N)CCC(=O)O)C(=O)N[C@H](C(=O)N[C@@H](C)C(=O)N[C@@H](CCCN=C(N)N)C(=O)NCC(=O)N[C@@H](Cc1ccccc1)C(N)=O)[C@@H](C)O. The number of amides is 8. The van der Waals surface area contributed by atoms with Crippen LogP contribution in [0.5, 0.6) is 0 Å². The number of guanidine groups is 1. The van der Waals surface area contributed by atoms with Crippen LogP contribution in [0.15, 0.2) is 35.3 Å². The molecule has 8 amide bonds. The molecule has 25 heteroatoms. The zero-order chi connectivity index (χ0) is 48.4. The van der Waals surface area contributed by atoms with Crippen molar-refractivity contribution in [1.29, 1.82) is 0 Å². The molecule has 17 N–H and O–H groups in total. The molecule has 1 aromatic rings. The Balaban J connectivity index is 3.08. The highest BCUT2D eigenvalue weighted by Crippen LogP contribution is 2.08. The molecule has 0 aromatic heterocycles. The average molecular weight is 941 g/mol. The normalized spacial score (nSPS) is 14.6. The third kappa shape index (κ3) is 22.6. The zero-order valence-corrected chi connectivity index (χ0v) is 38.1. The van der Waals surface area contributed by atoms with Crippen molar-refractivity contribution in [3.05, 3.63) is 35.9 Å². The second kappa shape index (κ2) is 30.4. The number of rotatable bonds is 31. The van der Waals surface area contributed by atoms with Gasteiger partial charge in [-0.15, -0.1) is 0 Å². The third-order valence-electron chi connectivity index (χ3n) is 9.27. The number of thioether (sulfide) groups is 2. The van der Waals surface area contributed by atoms with Crippen molar-refractivity contribution >= 4 is 82.7 Å². The van der Waals surface area contributed by atoms with Crippen LogP contribution in [-0.2, 0) is 49.6 Å². The van der Waals surface area contributed by atoms with Crippen molar-refractivity contribution < 1.29 is 53.4 Å². The molecule has 0 aliphatic heterocycles. The van der Waals surface area contributed by atoms with Crippen LogP contribution in [0.25, 0.3) is 0 Å². The number of nitrogens with zero attached hydrogens (tertiary/aromatic N) is 1. The van der Waals surface area contributed by atoms with Gasteiger partial charge in [0.1, 0.15) is 36.3 Å². The molecule has 1 rings (SSSR count). The molecule has 0 saturated heterocycles. The van der Waals surface area contributed by atoms with Crippen LogP contribution < -0.4 is 60.2 Å². The molecule has 358 valence electrons. The van der Waals surface area contributed by atoms with E-state index in [2.05, 4.69) is 42.2 Å². The van der Waals surface area contributed by atoms with E-state index < -0.39 is 108 Å². The highest BCUT2D eigenvalue weighted by molar-refractivity contribution is 7.98. The van der Waals surface area contributed by atoms with Crippen molar-refractivity contribution in [2.24, 2.45) is 27.9 Å². The maximum absolute atomic E-state index is 13.6. The van der Waals surface area contributed by atoms with E-state index in [1.807, 2.05) is 0 Å². The van der Waals surface area contributed by atoms with Crippen LogP contribution in [0, 0.1) is 0 Å². The smallest absolute Gasteiger partial charge is 0.303 e. The van der Waals surface area contributed by atoms with Crippen LogP contribution >= 0.6 is 23.5 Å². The molecule has 0 spiro atoms. The molecule has 0 radical (unpaired) electrons. The van der Waals surface area contributed by atoms with Gasteiger partial charge in [0.15, 0.2) is 5.96 Å². The molecule has 0 heterocycles. The maximum atomic E-state index is 13.6. The number of aliphatic hydroxyl groups excluding tert-OH is 1. The number of benzene rings is 1. The largest absolute Gasteiger partial charge is 0.481 e. The summed E-state index contributed by atoms with van der Waals surface area (Å²) >= 11 is 2.75. The fourth-order valence-corrected chi connectivity index (χ4v) is 6.62. The summed E-state index contributed by atoms with van der Waals surface area (Å²) in [5, 5.41) is 36.8. The molecule has 8 atom stereocenters. The van der Waals surface area contributed by atoms with Crippen molar-refractivity contribution in [1.82, 2.24) is 37.2 Å². The Morgan fingerprint density at radius 3 is 1.75 bits per heavy atom. The van der Waals surface area contributed by atoms with E-state index in [9.17, 15) is 48.3 Å². The van der Waals surface area contributed by atoms with Gasteiger partial charge in [-0.1, -0.05) is 30.3 Å². The van der Waals surface area contributed by atoms with Gasteiger partial charge in [0.2, 0.25) is 47.3 Å². The average Bonchev–Trinajstić information content (AvgIpc) is 3.24. The van der Waals surface area contributed by atoms with Crippen LogP contribution in [0.1, 0.15) is 57.9 Å². The van der Waals surface area contributed by atoms with Crippen molar-refractivity contribution in [2.45, 2.75) is 107 Å². The van der Waals surface area contributed by atoms with E-state index in [0.717, 1.165) is 5.56 Å². The molecular weight excluding hydrogens is 877 g/mol. The Kier molecular flexibility index (Phi) is 26.8. The van der Waals surface area contributed by atoms with Crippen LogP contribution in [0.4, 0.5) is 0 Å². The quantitative estimate of drug-likeness (QED) is 0.0191. The van der Waals surface area contributed by atoms with Gasteiger partial charge in [-0.2, -0.15) is 23.5 Å². The number of hydrogen-bond acceptors (Lipinski definition) is 14. The zero-order valence-electron chi connectivity index (χ0n) is 36.4. The lowest BCUT2D eigenvalue weighted by Crippen LogP contribution is -2.61. The van der Waals surface area contributed by atoms with E-state index in [0.29, 0.717) is 11.5 Å². The number of nitrogens with one attached hydrogen (secondary N) is 7. The minimum Gasteiger partial charge on any atom is -0.481 e. The predicted octanol–water partition coefficient (Wildman–Crippen LogP) is -4.11. The highest BCUT2D eigenvalue weighted by Gasteiger charge is 2.34. The molecule has 0 saturated carbocycles. The maximum Gasteiger partial charge on any atom is 0.303 e. The number of primary amides is 1. The minimum absolute atomic E-state index is 0.0244.